The Bertz CT molecular complexity index is 334. The van der Waals surface area contributed by atoms with Gasteiger partial charge in [-0.1, -0.05) is 18.2 Å². The van der Waals surface area contributed by atoms with Gasteiger partial charge in [0.25, 0.3) is 0 Å². The lowest BCUT2D eigenvalue weighted by atomic mass is 10.0. The topological polar surface area (TPSA) is 49.3 Å². The third-order valence-corrected chi connectivity index (χ3v) is 3.09. The van der Waals surface area contributed by atoms with Crippen molar-refractivity contribution in [2.24, 2.45) is 5.92 Å². The maximum Gasteiger partial charge on any atom is 0.235 e. The predicted octanol–water partition coefficient (Wildman–Crippen LogP) is 1.61. The normalized spacial score (nSPS) is 27.1. The smallest absolute Gasteiger partial charge is 0.235 e. The molecule has 1 rings (SSSR count). The summed E-state index contributed by atoms with van der Waals surface area (Å²) in [5.41, 5.74) is 1.48. The van der Waals surface area contributed by atoms with Crippen LogP contribution in [0.3, 0.4) is 0 Å². The van der Waals surface area contributed by atoms with Crippen molar-refractivity contribution in [3.8, 4) is 0 Å². The van der Waals surface area contributed by atoms with Gasteiger partial charge in [-0.3, -0.25) is 4.79 Å². The monoisotopic (exact) mass is 243 g/mol. The van der Waals surface area contributed by atoms with E-state index < -0.39 is 5.54 Å². The standard InChI is InChI=1S/C12H18ClNO2/c1-8(2)4-9(3)12(5-10(12)7-15)14-11(16)6-13/h4,10,15H,3,5-7H2,1-2H3,(H,14,16)/t10-,12+/m0/s1. The number of carbonyl (C=O) groups excluding carboxylic acids is 1. The number of hydrogen-bond donors (Lipinski definition) is 2. The van der Waals surface area contributed by atoms with Gasteiger partial charge in [0.05, 0.1) is 5.54 Å². The molecule has 0 radical (unpaired) electrons. The lowest BCUT2D eigenvalue weighted by Crippen LogP contribution is -2.40. The maximum atomic E-state index is 11.3. The van der Waals surface area contributed by atoms with E-state index in [4.69, 9.17) is 16.7 Å². The molecule has 0 heterocycles. The molecule has 3 nitrogen and oxygen atoms in total. The van der Waals surface area contributed by atoms with Crippen LogP contribution in [0.25, 0.3) is 0 Å². The Morgan fingerprint density at radius 2 is 2.31 bits per heavy atom. The van der Waals surface area contributed by atoms with E-state index in [-0.39, 0.29) is 24.3 Å². The summed E-state index contributed by atoms with van der Waals surface area (Å²) >= 11 is 5.47. The second kappa shape index (κ2) is 5.02. The maximum absolute atomic E-state index is 11.3. The van der Waals surface area contributed by atoms with Crippen molar-refractivity contribution < 1.29 is 9.90 Å². The first-order valence-electron chi connectivity index (χ1n) is 5.28. The van der Waals surface area contributed by atoms with Crippen LogP contribution in [0.4, 0.5) is 0 Å². The summed E-state index contributed by atoms with van der Waals surface area (Å²) in [6.45, 7) is 7.96. The molecule has 1 saturated carbocycles. The van der Waals surface area contributed by atoms with Crippen molar-refractivity contribution >= 4 is 17.5 Å². The molecule has 90 valence electrons. The molecule has 0 bridgehead atoms. The van der Waals surface area contributed by atoms with Crippen LogP contribution in [-0.4, -0.2) is 29.0 Å². The number of hydrogen-bond acceptors (Lipinski definition) is 2. The molecule has 1 aliphatic rings. The van der Waals surface area contributed by atoms with E-state index >= 15 is 0 Å². The first-order valence-corrected chi connectivity index (χ1v) is 5.82. The summed E-state index contributed by atoms with van der Waals surface area (Å²) < 4.78 is 0. The minimum absolute atomic E-state index is 0.0538. The molecule has 1 fully saturated rings. The number of aliphatic hydroxyl groups excluding tert-OH is 1. The van der Waals surface area contributed by atoms with Crippen molar-refractivity contribution in [1.29, 1.82) is 0 Å². The molecule has 0 unspecified atom stereocenters. The molecule has 0 aliphatic heterocycles. The molecule has 0 spiro atoms. The Morgan fingerprint density at radius 3 is 2.69 bits per heavy atom. The number of halogens is 1. The van der Waals surface area contributed by atoms with E-state index in [0.717, 1.165) is 17.6 Å². The quantitative estimate of drug-likeness (QED) is 0.570. The van der Waals surface area contributed by atoms with Crippen molar-refractivity contribution in [3.63, 3.8) is 0 Å². The number of allylic oxidation sites excluding steroid dienone is 1. The first-order chi connectivity index (χ1) is 7.46. The second-order valence-corrected chi connectivity index (χ2v) is 4.75. The zero-order chi connectivity index (χ0) is 12.3. The van der Waals surface area contributed by atoms with Crippen molar-refractivity contribution in [2.45, 2.75) is 25.8 Å². The summed E-state index contributed by atoms with van der Waals surface area (Å²) in [5, 5.41) is 12.0. The lowest BCUT2D eigenvalue weighted by molar-refractivity contribution is -0.119. The van der Waals surface area contributed by atoms with Gasteiger partial charge in [-0.2, -0.15) is 0 Å². The van der Waals surface area contributed by atoms with Crippen molar-refractivity contribution in [2.75, 3.05) is 12.5 Å². The van der Waals surface area contributed by atoms with Crippen LogP contribution in [0, 0.1) is 5.92 Å². The zero-order valence-corrected chi connectivity index (χ0v) is 10.5. The second-order valence-electron chi connectivity index (χ2n) is 4.48. The number of rotatable bonds is 5. The number of nitrogens with one attached hydrogen (secondary N) is 1. The molecule has 2 N–H and O–H groups in total. The van der Waals surface area contributed by atoms with Crippen LogP contribution < -0.4 is 5.32 Å². The number of carbonyl (C=O) groups is 1. The molecule has 16 heavy (non-hydrogen) atoms. The van der Waals surface area contributed by atoms with Gasteiger partial charge in [0, 0.05) is 12.5 Å². The van der Waals surface area contributed by atoms with Crippen LogP contribution in [0.15, 0.2) is 23.8 Å². The van der Waals surface area contributed by atoms with Gasteiger partial charge in [0.2, 0.25) is 5.91 Å². The molecule has 0 aromatic heterocycles. The number of aliphatic hydroxyl groups is 1. The Hall–Kier alpha value is -0.800. The van der Waals surface area contributed by atoms with Crippen LogP contribution in [-0.2, 0) is 4.79 Å². The number of amides is 1. The SMILES string of the molecule is C=C(C=C(C)C)[C@]1(NC(=O)CCl)C[C@H]1CO. The van der Waals surface area contributed by atoms with Gasteiger partial charge >= 0.3 is 0 Å². The van der Waals surface area contributed by atoms with Gasteiger partial charge in [-0.05, 0) is 25.8 Å². The van der Waals surface area contributed by atoms with Gasteiger partial charge in [-0.25, -0.2) is 0 Å². The third-order valence-electron chi connectivity index (χ3n) is 2.85. The molecule has 2 atom stereocenters. The largest absolute Gasteiger partial charge is 0.396 e. The van der Waals surface area contributed by atoms with Gasteiger partial charge in [0.15, 0.2) is 0 Å². The minimum Gasteiger partial charge on any atom is -0.396 e. The molecular formula is C12H18ClNO2. The van der Waals surface area contributed by atoms with Crippen molar-refractivity contribution in [3.05, 3.63) is 23.8 Å². The van der Waals surface area contributed by atoms with E-state index in [1.165, 1.54) is 0 Å². The average molecular weight is 244 g/mol. The number of alkyl halides is 1. The van der Waals surface area contributed by atoms with Crippen LogP contribution in [0.5, 0.6) is 0 Å². The Labute approximate surface area is 101 Å². The Balaban J connectivity index is 2.80. The molecule has 1 aliphatic carbocycles. The summed E-state index contributed by atoms with van der Waals surface area (Å²) in [6, 6.07) is 0. The van der Waals surface area contributed by atoms with Gasteiger partial charge < -0.3 is 10.4 Å². The molecule has 0 aromatic rings. The summed E-state index contributed by atoms with van der Waals surface area (Å²) in [5.74, 6) is -0.231. The highest BCUT2D eigenvalue weighted by Gasteiger charge is 2.56. The molecule has 4 heteroatoms. The van der Waals surface area contributed by atoms with Crippen LogP contribution in [0.1, 0.15) is 20.3 Å². The van der Waals surface area contributed by atoms with E-state index in [0.29, 0.717) is 0 Å². The van der Waals surface area contributed by atoms with Gasteiger partial charge in [-0.15, -0.1) is 11.6 Å². The zero-order valence-electron chi connectivity index (χ0n) is 9.72. The highest BCUT2D eigenvalue weighted by Crippen LogP contribution is 2.48. The Morgan fingerprint density at radius 1 is 1.69 bits per heavy atom. The highest BCUT2D eigenvalue weighted by atomic mass is 35.5. The minimum atomic E-state index is -0.474. The molecule has 0 aromatic carbocycles. The molecule has 1 amide bonds. The summed E-state index contributed by atoms with van der Waals surface area (Å²) in [4.78, 5) is 11.3. The molecule has 0 saturated heterocycles. The first kappa shape index (κ1) is 13.3. The highest BCUT2D eigenvalue weighted by molar-refractivity contribution is 6.27. The van der Waals surface area contributed by atoms with Crippen molar-refractivity contribution in [1.82, 2.24) is 5.32 Å². The fourth-order valence-electron chi connectivity index (χ4n) is 1.94. The van der Waals surface area contributed by atoms with E-state index in [1.54, 1.807) is 0 Å². The fraction of sp³-hybridized carbons (Fsp3) is 0.583. The average Bonchev–Trinajstić information content (AvgIpc) is 2.91. The third kappa shape index (κ3) is 2.66. The predicted molar refractivity (Wildman–Crippen MR) is 65.4 cm³/mol. The summed E-state index contributed by atoms with van der Waals surface area (Å²) in [7, 11) is 0. The van der Waals surface area contributed by atoms with E-state index in [9.17, 15) is 4.79 Å². The fourth-order valence-corrected chi connectivity index (χ4v) is 2.00. The lowest BCUT2D eigenvalue weighted by Gasteiger charge is -2.19. The van der Waals surface area contributed by atoms with Gasteiger partial charge in [0.1, 0.15) is 5.88 Å². The van der Waals surface area contributed by atoms with E-state index in [1.807, 2.05) is 19.9 Å². The van der Waals surface area contributed by atoms with Crippen LogP contribution in [0.2, 0.25) is 0 Å². The van der Waals surface area contributed by atoms with Crippen LogP contribution >= 0.6 is 11.6 Å². The summed E-state index contributed by atoms with van der Waals surface area (Å²) in [6.07, 6.45) is 2.67. The Kier molecular flexibility index (Phi) is 4.16. The van der Waals surface area contributed by atoms with E-state index in [2.05, 4.69) is 11.9 Å². The molecular weight excluding hydrogens is 226 g/mol.